The molecule has 2 aromatic heterocycles. The number of benzene rings is 3. The standard InChI is InChI=1S/C22H21N3.C9H15N3.3C2H6/c1-25-12-4-7-21(25)22-23-19-11-10-18(14-20(19)24-22)17-9-8-15-5-2-3-6-16(15)13-17;1-7-6-10-9(11-7)8-4-3-5-12(8)2;3*1-2/h2-3,5-6,8-11,13-14,21H,4,7,12H2,1H3,(H,23,24);6,8H,3-5H2,1-2H3,(H,10,11);3*1-2H3. The van der Waals surface area contributed by atoms with Crippen molar-refractivity contribution in [2.75, 3.05) is 27.2 Å². The molecular weight excluding hydrogens is 528 g/mol. The van der Waals surface area contributed by atoms with Crippen LogP contribution in [0.2, 0.25) is 0 Å². The maximum atomic E-state index is 4.83. The van der Waals surface area contributed by atoms with Gasteiger partial charge in [-0.15, -0.1) is 0 Å². The molecule has 2 unspecified atom stereocenters. The van der Waals surface area contributed by atoms with Gasteiger partial charge in [-0.1, -0.05) is 84.0 Å². The summed E-state index contributed by atoms with van der Waals surface area (Å²) >= 11 is 0. The topological polar surface area (TPSA) is 63.8 Å². The summed E-state index contributed by atoms with van der Waals surface area (Å²) in [6.45, 7) is 16.4. The average Bonchev–Trinajstić information content (AvgIpc) is 3.87. The molecule has 6 nitrogen and oxygen atoms in total. The van der Waals surface area contributed by atoms with Crippen LogP contribution in [0.5, 0.6) is 0 Å². The molecule has 0 saturated carbocycles. The zero-order valence-electron chi connectivity index (χ0n) is 28.0. The van der Waals surface area contributed by atoms with E-state index in [-0.39, 0.29) is 0 Å². The summed E-state index contributed by atoms with van der Waals surface area (Å²) in [6.07, 6.45) is 6.88. The predicted octanol–water partition coefficient (Wildman–Crippen LogP) is 9.71. The number of aromatic nitrogens is 4. The van der Waals surface area contributed by atoms with E-state index >= 15 is 0 Å². The second-order valence-corrected chi connectivity index (χ2v) is 10.6. The van der Waals surface area contributed by atoms with Crippen molar-refractivity contribution in [1.29, 1.82) is 0 Å². The molecule has 2 aliphatic rings. The van der Waals surface area contributed by atoms with E-state index < -0.39 is 0 Å². The molecule has 0 bridgehead atoms. The molecule has 0 spiro atoms. The fourth-order valence-corrected chi connectivity index (χ4v) is 5.85. The summed E-state index contributed by atoms with van der Waals surface area (Å²) in [5.41, 5.74) is 5.81. The van der Waals surface area contributed by atoms with Crippen LogP contribution in [0.25, 0.3) is 32.9 Å². The number of nitrogens with one attached hydrogen (secondary N) is 2. The molecular formula is C37H54N6. The molecule has 0 amide bonds. The summed E-state index contributed by atoms with van der Waals surface area (Å²) in [4.78, 5) is 20.8. The van der Waals surface area contributed by atoms with Crippen LogP contribution < -0.4 is 0 Å². The zero-order valence-corrected chi connectivity index (χ0v) is 28.0. The Balaban J connectivity index is 0.000000237. The molecule has 43 heavy (non-hydrogen) atoms. The molecule has 2 aliphatic heterocycles. The molecule has 0 aliphatic carbocycles. The number of rotatable bonds is 3. The molecule has 2 N–H and O–H groups in total. The Bertz CT molecular complexity index is 1520. The first kappa shape index (κ1) is 34.0. The van der Waals surface area contributed by atoms with Crippen LogP contribution in [0.1, 0.15) is 96.7 Å². The van der Waals surface area contributed by atoms with Crippen molar-refractivity contribution in [3.8, 4) is 11.1 Å². The zero-order chi connectivity index (χ0) is 31.4. The Morgan fingerprint density at radius 3 is 1.84 bits per heavy atom. The predicted molar refractivity (Wildman–Crippen MR) is 186 cm³/mol. The second kappa shape index (κ2) is 17.0. The molecule has 232 valence electrons. The monoisotopic (exact) mass is 582 g/mol. The molecule has 6 heteroatoms. The highest BCUT2D eigenvalue weighted by Gasteiger charge is 2.26. The lowest BCUT2D eigenvalue weighted by Gasteiger charge is -2.16. The lowest BCUT2D eigenvalue weighted by atomic mass is 10.0. The summed E-state index contributed by atoms with van der Waals surface area (Å²) in [5, 5.41) is 2.55. The van der Waals surface area contributed by atoms with Gasteiger partial charge in [0.05, 0.1) is 23.1 Å². The number of H-pyrrole nitrogens is 2. The number of aryl methyl sites for hydroxylation is 1. The Morgan fingerprint density at radius 1 is 0.674 bits per heavy atom. The smallest absolute Gasteiger partial charge is 0.124 e. The van der Waals surface area contributed by atoms with Crippen LogP contribution in [0, 0.1) is 6.92 Å². The van der Waals surface area contributed by atoms with E-state index in [0.29, 0.717) is 12.1 Å². The molecule has 2 fully saturated rings. The Morgan fingerprint density at radius 2 is 1.26 bits per heavy atom. The van der Waals surface area contributed by atoms with Crippen molar-refractivity contribution in [3.05, 3.63) is 84.2 Å². The van der Waals surface area contributed by atoms with Gasteiger partial charge in [-0.25, -0.2) is 9.97 Å². The molecule has 2 saturated heterocycles. The van der Waals surface area contributed by atoms with Gasteiger partial charge < -0.3 is 9.97 Å². The van der Waals surface area contributed by atoms with Crippen molar-refractivity contribution in [3.63, 3.8) is 0 Å². The first-order valence-corrected chi connectivity index (χ1v) is 16.5. The number of aromatic amines is 2. The number of likely N-dealkylation sites (tertiary alicyclic amines) is 2. The minimum Gasteiger partial charge on any atom is -0.345 e. The molecule has 5 aromatic rings. The number of hydrogen-bond acceptors (Lipinski definition) is 4. The third-order valence-electron chi connectivity index (χ3n) is 7.98. The first-order chi connectivity index (χ1) is 21.0. The van der Waals surface area contributed by atoms with Gasteiger partial charge in [0.1, 0.15) is 11.6 Å². The van der Waals surface area contributed by atoms with E-state index in [2.05, 4.69) is 99.5 Å². The lowest BCUT2D eigenvalue weighted by Crippen LogP contribution is -2.18. The quantitative estimate of drug-likeness (QED) is 0.222. The minimum atomic E-state index is 0.427. The maximum absolute atomic E-state index is 4.83. The fraction of sp³-hybridized carbons (Fsp3) is 0.459. The summed E-state index contributed by atoms with van der Waals surface area (Å²) in [7, 11) is 4.35. The van der Waals surface area contributed by atoms with Crippen molar-refractivity contribution < 1.29 is 0 Å². The maximum Gasteiger partial charge on any atom is 0.124 e. The van der Waals surface area contributed by atoms with E-state index in [4.69, 9.17) is 4.98 Å². The summed E-state index contributed by atoms with van der Waals surface area (Å²) in [5.74, 6) is 2.23. The van der Waals surface area contributed by atoms with Gasteiger partial charge in [0.15, 0.2) is 0 Å². The molecule has 7 rings (SSSR count). The van der Waals surface area contributed by atoms with Crippen molar-refractivity contribution in [2.24, 2.45) is 0 Å². The Hall–Kier alpha value is -3.48. The van der Waals surface area contributed by atoms with Gasteiger partial charge >= 0.3 is 0 Å². The third kappa shape index (κ3) is 8.33. The molecule has 3 aromatic carbocycles. The van der Waals surface area contributed by atoms with Crippen LogP contribution in [-0.2, 0) is 0 Å². The lowest BCUT2D eigenvalue weighted by molar-refractivity contribution is 0.307. The van der Waals surface area contributed by atoms with Crippen molar-refractivity contribution in [2.45, 2.75) is 86.2 Å². The van der Waals surface area contributed by atoms with Crippen LogP contribution in [0.3, 0.4) is 0 Å². The SMILES string of the molecule is CC.CC.CC.CN1CCCC1c1nc2ccc(-c3ccc4ccccc4c3)cc2[nH]1.Cc1cnc(C2CCCN2C)[nH]1. The van der Waals surface area contributed by atoms with Crippen LogP contribution >= 0.6 is 0 Å². The Labute approximate surface area is 260 Å². The van der Waals surface area contributed by atoms with Crippen molar-refractivity contribution >= 4 is 21.8 Å². The minimum absolute atomic E-state index is 0.427. The van der Waals surface area contributed by atoms with E-state index in [1.165, 1.54) is 54.1 Å². The highest BCUT2D eigenvalue weighted by atomic mass is 15.2. The van der Waals surface area contributed by atoms with Gasteiger partial charge in [0, 0.05) is 11.9 Å². The second-order valence-electron chi connectivity index (χ2n) is 10.6. The molecule has 0 radical (unpaired) electrons. The number of nitrogens with zero attached hydrogens (tertiary/aromatic N) is 4. The largest absolute Gasteiger partial charge is 0.345 e. The van der Waals surface area contributed by atoms with E-state index in [1.807, 2.05) is 54.7 Å². The highest BCUT2D eigenvalue weighted by Crippen LogP contribution is 2.32. The number of hydrogen-bond donors (Lipinski definition) is 2. The van der Waals surface area contributed by atoms with Gasteiger partial charge in [0.25, 0.3) is 0 Å². The first-order valence-electron chi connectivity index (χ1n) is 16.5. The summed E-state index contributed by atoms with van der Waals surface area (Å²) < 4.78 is 0. The van der Waals surface area contributed by atoms with Gasteiger partial charge in [0.2, 0.25) is 0 Å². The van der Waals surface area contributed by atoms with Crippen LogP contribution in [0.15, 0.2) is 66.9 Å². The molecule has 2 atom stereocenters. The van der Waals surface area contributed by atoms with E-state index in [1.54, 1.807) is 0 Å². The van der Waals surface area contributed by atoms with Crippen molar-refractivity contribution in [1.82, 2.24) is 29.7 Å². The van der Waals surface area contributed by atoms with Crippen LogP contribution in [-0.4, -0.2) is 56.9 Å². The number of fused-ring (bicyclic) bond motifs is 2. The van der Waals surface area contributed by atoms with Gasteiger partial charge in [-0.2, -0.15) is 0 Å². The highest BCUT2D eigenvalue weighted by molar-refractivity contribution is 5.89. The van der Waals surface area contributed by atoms with E-state index in [9.17, 15) is 0 Å². The fourth-order valence-electron chi connectivity index (χ4n) is 5.85. The Kier molecular flexibility index (Phi) is 13.4. The third-order valence-corrected chi connectivity index (χ3v) is 7.98. The van der Waals surface area contributed by atoms with Gasteiger partial charge in [-0.05, 0) is 99.9 Å². The van der Waals surface area contributed by atoms with E-state index in [0.717, 1.165) is 34.9 Å². The molecule has 4 heterocycles. The van der Waals surface area contributed by atoms with Crippen LogP contribution in [0.4, 0.5) is 0 Å². The normalized spacial score (nSPS) is 18.1. The van der Waals surface area contributed by atoms with Gasteiger partial charge in [-0.3, -0.25) is 9.80 Å². The summed E-state index contributed by atoms with van der Waals surface area (Å²) in [6, 6.07) is 22.6. The number of imidazole rings is 2. The average molecular weight is 583 g/mol.